The first-order valence-electron chi connectivity index (χ1n) is 3.31. The lowest BCUT2D eigenvalue weighted by molar-refractivity contribution is 1.65. The zero-order valence-corrected chi connectivity index (χ0v) is 6.59. The second kappa shape index (κ2) is 5.30. The van der Waals surface area contributed by atoms with Crippen molar-refractivity contribution < 1.29 is 0 Å². The maximum absolute atomic E-state index is 5.45. The number of nitrogen functional groups attached to an aromatic ring is 1. The van der Waals surface area contributed by atoms with Gasteiger partial charge in [-0.05, 0) is 17.7 Å². The van der Waals surface area contributed by atoms with Gasteiger partial charge in [0.1, 0.15) is 0 Å². The van der Waals surface area contributed by atoms with Crippen LogP contribution in [0.3, 0.4) is 0 Å². The van der Waals surface area contributed by atoms with Crippen LogP contribution in [0, 0.1) is 0 Å². The molecule has 0 atom stereocenters. The topological polar surface area (TPSA) is 26.0 Å². The van der Waals surface area contributed by atoms with Crippen LogP contribution in [0.15, 0.2) is 44.0 Å². The molecule has 1 rings (SSSR count). The van der Waals surface area contributed by atoms with Crippen LogP contribution in [0.25, 0.3) is 6.08 Å². The van der Waals surface area contributed by atoms with Gasteiger partial charge in [0.05, 0.1) is 0 Å². The molecule has 1 heteroatoms. The Kier molecular flexibility index (Phi) is 4.58. The van der Waals surface area contributed by atoms with Crippen LogP contribution in [-0.2, 0) is 0 Å². The third kappa shape index (κ3) is 3.26. The Morgan fingerprint density at radius 1 is 1.09 bits per heavy atom. The molecule has 1 aromatic rings. The van der Waals surface area contributed by atoms with Crippen LogP contribution in [-0.4, -0.2) is 0 Å². The molecule has 1 aromatic carbocycles. The van der Waals surface area contributed by atoms with Gasteiger partial charge in [0.15, 0.2) is 0 Å². The summed E-state index contributed by atoms with van der Waals surface area (Å²) in [5.74, 6) is 0. The fraction of sp³-hybridized carbons (Fsp3) is 0. The van der Waals surface area contributed by atoms with Gasteiger partial charge >= 0.3 is 0 Å². The molecule has 0 aliphatic carbocycles. The van der Waals surface area contributed by atoms with Gasteiger partial charge in [-0.1, -0.05) is 24.8 Å². The van der Waals surface area contributed by atoms with Gasteiger partial charge in [0.25, 0.3) is 0 Å². The lowest BCUT2D eigenvalue weighted by Crippen LogP contribution is -1.81. The van der Waals surface area contributed by atoms with E-state index < -0.39 is 0 Å². The maximum Gasteiger partial charge on any atom is 0.0314 e. The van der Waals surface area contributed by atoms with Gasteiger partial charge in [0, 0.05) is 5.69 Å². The molecule has 1 nitrogen and oxygen atoms in total. The molecule has 0 fully saturated rings. The highest BCUT2D eigenvalue weighted by molar-refractivity contribution is 5.51. The molecule has 2 N–H and O–H groups in total. The molecule has 58 valence electrons. The van der Waals surface area contributed by atoms with Gasteiger partial charge in [-0.2, -0.15) is 0 Å². The molecule has 0 amide bonds. The highest BCUT2D eigenvalue weighted by Gasteiger charge is 1.82. The number of benzene rings is 1. The third-order valence-electron chi connectivity index (χ3n) is 1.17. The fourth-order valence-corrected chi connectivity index (χ4v) is 0.632. The average molecular weight is 147 g/mol. The van der Waals surface area contributed by atoms with E-state index in [2.05, 4.69) is 19.7 Å². The largest absolute Gasteiger partial charge is 0.399 e. The van der Waals surface area contributed by atoms with Crippen LogP contribution in [0.2, 0.25) is 0 Å². The van der Waals surface area contributed by atoms with Crippen molar-refractivity contribution in [2.24, 2.45) is 0 Å². The van der Waals surface area contributed by atoms with Crippen LogP contribution in [0.4, 0.5) is 5.69 Å². The van der Waals surface area contributed by atoms with Crippen LogP contribution in [0.5, 0.6) is 0 Å². The van der Waals surface area contributed by atoms with Crippen molar-refractivity contribution in [3.63, 3.8) is 0 Å². The molecule has 0 aromatic heterocycles. The summed E-state index contributed by atoms with van der Waals surface area (Å²) in [6.07, 6.45) is 1.79. The second-order valence-electron chi connectivity index (χ2n) is 1.87. The summed E-state index contributed by atoms with van der Waals surface area (Å²) in [6.45, 7) is 9.62. The molecule has 0 unspecified atom stereocenters. The predicted molar refractivity (Wildman–Crippen MR) is 52.2 cm³/mol. The first-order valence-corrected chi connectivity index (χ1v) is 3.31. The molecular formula is C10H13N. The van der Waals surface area contributed by atoms with Crippen molar-refractivity contribution in [1.29, 1.82) is 0 Å². The zero-order valence-electron chi connectivity index (χ0n) is 6.59. The van der Waals surface area contributed by atoms with E-state index in [9.17, 15) is 0 Å². The van der Waals surface area contributed by atoms with Crippen molar-refractivity contribution in [2.45, 2.75) is 0 Å². The normalized spacial score (nSPS) is 7.64. The first kappa shape index (κ1) is 9.50. The Morgan fingerprint density at radius 2 is 1.55 bits per heavy atom. The fourth-order valence-electron chi connectivity index (χ4n) is 0.632. The van der Waals surface area contributed by atoms with E-state index in [0.29, 0.717) is 0 Å². The molecule has 0 spiro atoms. The summed E-state index contributed by atoms with van der Waals surface area (Å²) in [5.41, 5.74) is 7.34. The summed E-state index contributed by atoms with van der Waals surface area (Å²) in [4.78, 5) is 0. The van der Waals surface area contributed by atoms with E-state index in [4.69, 9.17) is 5.73 Å². The number of hydrogen-bond donors (Lipinski definition) is 1. The average Bonchev–Trinajstić information content (AvgIpc) is 2.10. The lowest BCUT2D eigenvalue weighted by atomic mass is 10.2. The Morgan fingerprint density at radius 3 is 1.91 bits per heavy atom. The number of hydrogen-bond acceptors (Lipinski definition) is 1. The zero-order chi connectivity index (χ0) is 8.69. The smallest absolute Gasteiger partial charge is 0.0314 e. The van der Waals surface area contributed by atoms with Gasteiger partial charge < -0.3 is 5.73 Å². The summed E-state index contributed by atoms with van der Waals surface area (Å²) in [7, 11) is 0. The summed E-state index contributed by atoms with van der Waals surface area (Å²) < 4.78 is 0. The predicted octanol–water partition coefficient (Wildman–Crippen LogP) is 2.71. The highest BCUT2D eigenvalue weighted by Crippen LogP contribution is 2.05. The standard InChI is InChI=1S/C8H9N.C2H4/c1-2-7-3-5-8(9)6-4-7;1-2/h2-6H,1,9H2;1-2H2. The van der Waals surface area contributed by atoms with Crippen molar-refractivity contribution >= 4 is 11.8 Å². The van der Waals surface area contributed by atoms with E-state index >= 15 is 0 Å². The van der Waals surface area contributed by atoms with E-state index in [0.717, 1.165) is 11.3 Å². The minimum absolute atomic E-state index is 0.792. The minimum Gasteiger partial charge on any atom is -0.399 e. The Balaban J connectivity index is 0.000000461. The van der Waals surface area contributed by atoms with E-state index in [1.54, 1.807) is 6.08 Å². The number of rotatable bonds is 1. The summed E-state index contributed by atoms with van der Waals surface area (Å²) in [6, 6.07) is 7.58. The van der Waals surface area contributed by atoms with Gasteiger partial charge in [-0.3, -0.25) is 0 Å². The van der Waals surface area contributed by atoms with E-state index in [-0.39, 0.29) is 0 Å². The summed E-state index contributed by atoms with van der Waals surface area (Å²) >= 11 is 0. The first-order chi connectivity index (χ1) is 5.33. The summed E-state index contributed by atoms with van der Waals surface area (Å²) in [5, 5.41) is 0. The van der Waals surface area contributed by atoms with Crippen molar-refractivity contribution in [3.05, 3.63) is 49.6 Å². The Bertz CT molecular complexity index is 211. The number of anilines is 1. The molecule has 0 aliphatic rings. The molecule has 11 heavy (non-hydrogen) atoms. The van der Waals surface area contributed by atoms with Crippen LogP contribution in [0.1, 0.15) is 5.56 Å². The number of nitrogens with two attached hydrogens (primary N) is 1. The molecule has 0 bridgehead atoms. The third-order valence-corrected chi connectivity index (χ3v) is 1.17. The molecule has 0 saturated heterocycles. The Hall–Kier alpha value is -1.50. The highest BCUT2D eigenvalue weighted by atomic mass is 14.5. The van der Waals surface area contributed by atoms with E-state index in [1.807, 2.05) is 24.3 Å². The van der Waals surface area contributed by atoms with Crippen LogP contribution >= 0.6 is 0 Å². The second-order valence-corrected chi connectivity index (χ2v) is 1.87. The Labute approximate surface area is 67.9 Å². The molecule has 0 aliphatic heterocycles. The van der Waals surface area contributed by atoms with Crippen LogP contribution < -0.4 is 5.73 Å². The monoisotopic (exact) mass is 147 g/mol. The van der Waals surface area contributed by atoms with E-state index in [1.165, 1.54) is 0 Å². The maximum atomic E-state index is 5.45. The molecule has 0 radical (unpaired) electrons. The quantitative estimate of drug-likeness (QED) is 0.479. The van der Waals surface area contributed by atoms with Gasteiger partial charge in [0.2, 0.25) is 0 Å². The van der Waals surface area contributed by atoms with Crippen molar-refractivity contribution in [1.82, 2.24) is 0 Å². The molecular weight excluding hydrogens is 134 g/mol. The molecule has 0 heterocycles. The van der Waals surface area contributed by atoms with Crippen molar-refractivity contribution in [3.8, 4) is 0 Å². The SMILES string of the molecule is C=C.C=Cc1ccc(N)cc1. The minimum atomic E-state index is 0.792. The van der Waals surface area contributed by atoms with Crippen molar-refractivity contribution in [2.75, 3.05) is 5.73 Å². The van der Waals surface area contributed by atoms with Gasteiger partial charge in [-0.15, -0.1) is 13.2 Å². The molecule has 0 saturated carbocycles. The van der Waals surface area contributed by atoms with Gasteiger partial charge in [-0.25, -0.2) is 0 Å². The lowest BCUT2D eigenvalue weighted by Gasteiger charge is -1.91.